The predicted octanol–water partition coefficient (Wildman–Crippen LogP) is 1.86. The highest BCUT2D eigenvalue weighted by atomic mass is 16.5. The maximum atomic E-state index is 12.1. The Morgan fingerprint density at radius 3 is 2.75 bits per heavy atom. The Bertz CT molecular complexity index is 455. The van der Waals surface area contributed by atoms with Crippen LogP contribution in [0.5, 0.6) is 5.75 Å². The lowest BCUT2D eigenvalue weighted by Crippen LogP contribution is -2.39. The summed E-state index contributed by atoms with van der Waals surface area (Å²) in [4.78, 5) is 13.9. The van der Waals surface area contributed by atoms with E-state index < -0.39 is 0 Å². The number of methoxy groups -OCH3 is 1. The average Bonchev–Trinajstić information content (AvgIpc) is 2.43. The van der Waals surface area contributed by atoms with Gasteiger partial charge in [-0.25, -0.2) is 0 Å². The summed E-state index contributed by atoms with van der Waals surface area (Å²) in [6, 6.07) is 7.80. The number of carbonyl (C=O) groups is 1. The zero-order chi connectivity index (χ0) is 14.5. The Hall–Kier alpha value is -1.55. The third kappa shape index (κ3) is 3.73. The van der Waals surface area contributed by atoms with Crippen molar-refractivity contribution in [1.29, 1.82) is 0 Å². The first-order chi connectivity index (χ1) is 9.60. The van der Waals surface area contributed by atoms with Crippen molar-refractivity contribution >= 4 is 5.91 Å². The van der Waals surface area contributed by atoms with Gasteiger partial charge in [-0.1, -0.05) is 18.2 Å². The Morgan fingerprint density at radius 2 is 2.10 bits per heavy atom. The van der Waals surface area contributed by atoms with Crippen molar-refractivity contribution < 1.29 is 14.6 Å². The van der Waals surface area contributed by atoms with Gasteiger partial charge in [0.25, 0.3) is 0 Å². The van der Waals surface area contributed by atoms with E-state index in [1.54, 1.807) is 12.0 Å². The zero-order valence-corrected chi connectivity index (χ0v) is 12.2. The number of ether oxygens (including phenoxy) is 1. The molecule has 1 fully saturated rings. The fourth-order valence-electron chi connectivity index (χ4n) is 2.68. The third-order valence-corrected chi connectivity index (χ3v) is 3.97. The van der Waals surface area contributed by atoms with Gasteiger partial charge in [0.2, 0.25) is 5.91 Å². The molecule has 4 heteroatoms. The number of para-hydroxylation sites is 1. The topological polar surface area (TPSA) is 49.8 Å². The Labute approximate surface area is 120 Å². The van der Waals surface area contributed by atoms with E-state index in [2.05, 4.69) is 0 Å². The first-order valence-corrected chi connectivity index (χ1v) is 7.14. The number of hydrogen-bond acceptors (Lipinski definition) is 3. The largest absolute Gasteiger partial charge is 0.496 e. The van der Waals surface area contributed by atoms with Crippen molar-refractivity contribution in [2.24, 2.45) is 5.92 Å². The number of aliphatic hydroxyl groups is 1. The highest BCUT2D eigenvalue weighted by molar-refractivity contribution is 5.76. The lowest BCUT2D eigenvalue weighted by Gasteiger charge is -2.34. The van der Waals surface area contributed by atoms with Crippen molar-refractivity contribution in [3.05, 3.63) is 29.8 Å². The van der Waals surface area contributed by atoms with Gasteiger partial charge in [0.15, 0.2) is 0 Å². The van der Waals surface area contributed by atoms with Crippen LogP contribution in [0, 0.1) is 5.92 Å². The molecule has 1 N–H and O–H groups in total. The lowest BCUT2D eigenvalue weighted by atomic mass is 9.82. The summed E-state index contributed by atoms with van der Waals surface area (Å²) in [6.07, 6.45) is 2.68. The number of benzene rings is 1. The fraction of sp³-hybridized carbons (Fsp3) is 0.562. The molecule has 4 nitrogen and oxygen atoms in total. The summed E-state index contributed by atoms with van der Waals surface area (Å²) in [5.74, 6) is 1.45. The maximum Gasteiger partial charge on any atom is 0.222 e. The molecule has 0 bridgehead atoms. The molecule has 20 heavy (non-hydrogen) atoms. The highest BCUT2D eigenvalue weighted by Crippen LogP contribution is 2.27. The number of amides is 1. The second-order valence-electron chi connectivity index (χ2n) is 5.58. The van der Waals surface area contributed by atoms with Crippen LogP contribution in [0.4, 0.5) is 0 Å². The van der Waals surface area contributed by atoms with E-state index in [-0.39, 0.29) is 12.0 Å². The molecule has 0 spiro atoms. The molecule has 1 aliphatic rings. The lowest BCUT2D eigenvalue weighted by molar-refractivity contribution is -0.131. The van der Waals surface area contributed by atoms with Crippen molar-refractivity contribution in [2.45, 2.75) is 31.8 Å². The molecular formula is C16H23NO3. The third-order valence-electron chi connectivity index (χ3n) is 3.97. The number of rotatable bonds is 6. The molecule has 110 valence electrons. The zero-order valence-electron chi connectivity index (χ0n) is 12.2. The second kappa shape index (κ2) is 6.75. The summed E-state index contributed by atoms with van der Waals surface area (Å²) in [5.41, 5.74) is 1.07. The van der Waals surface area contributed by atoms with E-state index in [1.807, 2.05) is 31.3 Å². The van der Waals surface area contributed by atoms with E-state index in [9.17, 15) is 9.90 Å². The summed E-state index contributed by atoms with van der Waals surface area (Å²) < 4.78 is 5.29. The Balaban J connectivity index is 1.79. The van der Waals surface area contributed by atoms with Gasteiger partial charge < -0.3 is 14.7 Å². The highest BCUT2D eigenvalue weighted by Gasteiger charge is 2.28. The van der Waals surface area contributed by atoms with Gasteiger partial charge in [0, 0.05) is 20.0 Å². The molecule has 1 amide bonds. The second-order valence-corrected chi connectivity index (χ2v) is 5.58. The van der Waals surface area contributed by atoms with Crippen LogP contribution < -0.4 is 4.74 Å². The molecule has 1 saturated carbocycles. The minimum atomic E-state index is -0.155. The minimum absolute atomic E-state index is 0.150. The quantitative estimate of drug-likeness (QED) is 0.863. The maximum absolute atomic E-state index is 12.1. The van der Waals surface area contributed by atoms with Crippen LogP contribution in [0.15, 0.2) is 24.3 Å². The van der Waals surface area contributed by atoms with Gasteiger partial charge in [-0.3, -0.25) is 4.79 Å². The van der Waals surface area contributed by atoms with Crippen molar-refractivity contribution in [3.8, 4) is 5.75 Å². The number of aryl methyl sites for hydroxylation is 1. The SMILES string of the molecule is COc1ccccc1CCC(=O)N(C)CC1CC(O)C1. The van der Waals surface area contributed by atoms with Gasteiger partial charge in [-0.2, -0.15) is 0 Å². The summed E-state index contributed by atoms with van der Waals surface area (Å²) in [7, 11) is 3.49. The molecule has 0 atom stereocenters. The van der Waals surface area contributed by atoms with Crippen LogP contribution >= 0.6 is 0 Å². The number of aliphatic hydroxyl groups excluding tert-OH is 1. The molecule has 0 unspecified atom stereocenters. The molecule has 1 aromatic rings. The van der Waals surface area contributed by atoms with E-state index in [0.29, 0.717) is 18.8 Å². The van der Waals surface area contributed by atoms with Crippen LogP contribution in [0.3, 0.4) is 0 Å². The molecule has 2 rings (SSSR count). The van der Waals surface area contributed by atoms with Crippen LogP contribution in [0.1, 0.15) is 24.8 Å². The minimum Gasteiger partial charge on any atom is -0.496 e. The Kier molecular flexibility index (Phi) is 5.01. The normalized spacial score (nSPS) is 21.1. The van der Waals surface area contributed by atoms with Crippen molar-refractivity contribution in [3.63, 3.8) is 0 Å². The summed E-state index contributed by atoms with van der Waals surface area (Å²) >= 11 is 0. The molecule has 0 heterocycles. The average molecular weight is 277 g/mol. The van der Waals surface area contributed by atoms with Gasteiger partial charge in [-0.05, 0) is 36.8 Å². The standard InChI is InChI=1S/C16H23NO3/c1-17(11-12-9-14(18)10-12)16(19)8-7-13-5-3-4-6-15(13)20-2/h3-6,12,14,18H,7-11H2,1-2H3. The van der Waals surface area contributed by atoms with Crippen molar-refractivity contribution in [2.75, 3.05) is 20.7 Å². The van der Waals surface area contributed by atoms with Crippen LogP contribution in [-0.2, 0) is 11.2 Å². The predicted molar refractivity (Wildman–Crippen MR) is 77.7 cm³/mol. The Morgan fingerprint density at radius 1 is 1.40 bits per heavy atom. The smallest absolute Gasteiger partial charge is 0.222 e. The van der Waals surface area contributed by atoms with Crippen molar-refractivity contribution in [1.82, 2.24) is 4.90 Å². The van der Waals surface area contributed by atoms with E-state index in [4.69, 9.17) is 4.74 Å². The van der Waals surface area contributed by atoms with E-state index in [0.717, 1.165) is 30.7 Å². The molecule has 0 aromatic heterocycles. The van der Waals surface area contributed by atoms with Crippen LogP contribution in [0.2, 0.25) is 0 Å². The molecular weight excluding hydrogens is 254 g/mol. The first kappa shape index (κ1) is 14.9. The molecule has 1 aromatic carbocycles. The van der Waals surface area contributed by atoms with E-state index in [1.165, 1.54) is 0 Å². The van der Waals surface area contributed by atoms with Gasteiger partial charge in [0.1, 0.15) is 5.75 Å². The molecule has 0 radical (unpaired) electrons. The number of hydrogen-bond donors (Lipinski definition) is 1. The van der Waals surface area contributed by atoms with Gasteiger partial charge >= 0.3 is 0 Å². The monoisotopic (exact) mass is 277 g/mol. The number of carbonyl (C=O) groups excluding carboxylic acids is 1. The van der Waals surface area contributed by atoms with Gasteiger partial charge in [-0.15, -0.1) is 0 Å². The van der Waals surface area contributed by atoms with E-state index >= 15 is 0 Å². The number of nitrogens with zero attached hydrogens (tertiary/aromatic N) is 1. The molecule has 0 aliphatic heterocycles. The molecule has 0 saturated heterocycles. The first-order valence-electron chi connectivity index (χ1n) is 7.14. The van der Waals surface area contributed by atoms with Gasteiger partial charge in [0.05, 0.1) is 13.2 Å². The van der Waals surface area contributed by atoms with Crippen LogP contribution in [-0.4, -0.2) is 42.7 Å². The fourth-order valence-corrected chi connectivity index (χ4v) is 2.68. The van der Waals surface area contributed by atoms with Crippen LogP contribution in [0.25, 0.3) is 0 Å². The molecule has 1 aliphatic carbocycles. The summed E-state index contributed by atoms with van der Waals surface area (Å²) in [5, 5.41) is 9.26. The summed E-state index contributed by atoms with van der Waals surface area (Å²) in [6.45, 7) is 0.752.